The van der Waals surface area contributed by atoms with E-state index >= 15 is 0 Å². The zero-order chi connectivity index (χ0) is 18.8. The van der Waals surface area contributed by atoms with Crippen molar-refractivity contribution in [3.8, 4) is 0 Å². The van der Waals surface area contributed by atoms with Crippen molar-refractivity contribution in [1.82, 2.24) is 4.90 Å². The molecule has 1 aliphatic heterocycles. The van der Waals surface area contributed by atoms with Gasteiger partial charge in [-0.3, -0.25) is 9.59 Å². The fourth-order valence-electron chi connectivity index (χ4n) is 3.27. The molecule has 2 atom stereocenters. The third-order valence-electron chi connectivity index (χ3n) is 4.71. The Hall–Kier alpha value is -2.09. The van der Waals surface area contributed by atoms with Crippen LogP contribution in [0.2, 0.25) is 0 Å². The van der Waals surface area contributed by atoms with Gasteiger partial charge in [0.15, 0.2) is 0 Å². The first kappa shape index (κ1) is 19.2. The number of piperidine rings is 1. The fourth-order valence-corrected chi connectivity index (χ4v) is 3.27. The molecule has 5 nitrogen and oxygen atoms in total. The number of aliphatic hydroxyl groups excluding tert-OH is 1. The number of amides is 1. The lowest BCUT2D eigenvalue weighted by Crippen LogP contribution is -2.56. The van der Waals surface area contributed by atoms with Gasteiger partial charge >= 0.3 is 12.1 Å². The number of aliphatic carboxylic acids is 1. The largest absolute Gasteiger partial charge is 0.481 e. The lowest BCUT2D eigenvalue weighted by Gasteiger charge is -2.42. The Morgan fingerprint density at radius 1 is 1.36 bits per heavy atom. The number of carbonyl (C=O) groups is 2. The van der Waals surface area contributed by atoms with Crippen LogP contribution in [-0.2, 0) is 11.0 Å². The van der Waals surface area contributed by atoms with E-state index in [1.165, 1.54) is 11.0 Å². The number of hydrogen-bond acceptors (Lipinski definition) is 3. The molecule has 8 heteroatoms. The summed E-state index contributed by atoms with van der Waals surface area (Å²) in [5, 5.41) is 19.8. The quantitative estimate of drug-likeness (QED) is 0.867. The van der Waals surface area contributed by atoms with Gasteiger partial charge in [0.05, 0.1) is 17.1 Å². The van der Waals surface area contributed by atoms with Gasteiger partial charge < -0.3 is 15.1 Å². The lowest BCUT2D eigenvalue weighted by molar-refractivity contribution is -0.162. The van der Waals surface area contributed by atoms with Crippen molar-refractivity contribution in [3.63, 3.8) is 0 Å². The molecule has 0 bridgehead atoms. The van der Waals surface area contributed by atoms with E-state index in [0.717, 1.165) is 18.2 Å². The first-order valence-electron chi connectivity index (χ1n) is 8.00. The van der Waals surface area contributed by atoms with Crippen LogP contribution in [0.5, 0.6) is 0 Å². The molecule has 0 unspecified atom stereocenters. The Labute approximate surface area is 143 Å². The first-order chi connectivity index (χ1) is 11.6. The number of nitrogens with zero attached hydrogens (tertiary/aromatic N) is 1. The third-order valence-corrected chi connectivity index (χ3v) is 4.71. The number of β-amino-alcohol motifs (C(OH)–C–C–N with tert-alkyl or cyclic N) is 1. The molecule has 0 saturated carbocycles. The summed E-state index contributed by atoms with van der Waals surface area (Å²) < 4.78 is 38.3. The summed E-state index contributed by atoms with van der Waals surface area (Å²) in [7, 11) is 0. The molecular formula is C17H20F3NO4. The summed E-state index contributed by atoms with van der Waals surface area (Å²) in [6, 6.07) is 4.06. The number of carboxylic acid groups (broad SMARTS) is 1. The highest BCUT2D eigenvalue weighted by Gasteiger charge is 2.48. The first-order valence-corrected chi connectivity index (χ1v) is 8.00. The van der Waals surface area contributed by atoms with Crippen LogP contribution in [0.4, 0.5) is 13.2 Å². The molecular weight excluding hydrogens is 339 g/mol. The van der Waals surface area contributed by atoms with Gasteiger partial charge in [0.2, 0.25) is 0 Å². The van der Waals surface area contributed by atoms with Crippen LogP contribution in [0, 0.1) is 5.41 Å². The molecule has 138 valence electrons. The summed E-state index contributed by atoms with van der Waals surface area (Å²) in [5.74, 6) is -1.77. The topological polar surface area (TPSA) is 77.8 Å². The molecule has 0 aliphatic carbocycles. The zero-order valence-electron chi connectivity index (χ0n) is 13.7. The molecule has 0 aromatic heterocycles. The van der Waals surface area contributed by atoms with Crippen molar-refractivity contribution in [3.05, 3.63) is 35.4 Å². The molecule has 0 spiro atoms. The monoisotopic (exact) mass is 359 g/mol. The minimum absolute atomic E-state index is 0.0576. The van der Waals surface area contributed by atoms with Gasteiger partial charge in [-0.15, -0.1) is 0 Å². The van der Waals surface area contributed by atoms with Crippen molar-refractivity contribution >= 4 is 11.9 Å². The van der Waals surface area contributed by atoms with Crippen molar-refractivity contribution < 1.29 is 33.0 Å². The number of rotatable bonds is 4. The Balaban J connectivity index is 2.19. The molecule has 1 amide bonds. The van der Waals surface area contributed by atoms with Crippen molar-refractivity contribution in [1.29, 1.82) is 0 Å². The van der Waals surface area contributed by atoms with Crippen LogP contribution in [-0.4, -0.2) is 46.2 Å². The van der Waals surface area contributed by atoms with Crippen molar-refractivity contribution in [2.45, 2.75) is 38.5 Å². The standard InChI is InChI=1S/C17H20F3NO4/c1-2-6-16(15(24)25)7-8-21(10-13(16)22)14(23)11-4-3-5-12(9-11)17(18,19)20/h3-5,9,13,22H,2,6-8,10H2,1H3,(H,24,25)/t13-,16-/m0/s1. The summed E-state index contributed by atoms with van der Waals surface area (Å²) in [4.78, 5) is 25.3. The summed E-state index contributed by atoms with van der Waals surface area (Å²) >= 11 is 0. The Bertz CT molecular complexity index is 662. The summed E-state index contributed by atoms with van der Waals surface area (Å²) in [6.45, 7) is 1.65. The van der Waals surface area contributed by atoms with Gasteiger partial charge in [-0.2, -0.15) is 13.2 Å². The van der Waals surface area contributed by atoms with Crippen LogP contribution >= 0.6 is 0 Å². The molecule has 1 fully saturated rings. The maximum atomic E-state index is 12.8. The Morgan fingerprint density at radius 2 is 2.04 bits per heavy atom. The number of carboxylic acids is 1. The van der Waals surface area contributed by atoms with E-state index < -0.39 is 35.1 Å². The molecule has 2 rings (SSSR count). The molecule has 1 saturated heterocycles. The third kappa shape index (κ3) is 3.78. The van der Waals surface area contributed by atoms with E-state index in [9.17, 15) is 33.0 Å². The van der Waals surface area contributed by atoms with Gasteiger partial charge in [-0.25, -0.2) is 0 Å². The predicted octanol–water partition coefficient (Wildman–Crippen LogP) is 2.78. The van der Waals surface area contributed by atoms with Crippen LogP contribution < -0.4 is 0 Å². The van der Waals surface area contributed by atoms with E-state index in [0.29, 0.717) is 6.42 Å². The van der Waals surface area contributed by atoms with Crippen LogP contribution in [0.15, 0.2) is 24.3 Å². The number of halogens is 3. The maximum absolute atomic E-state index is 12.8. The summed E-state index contributed by atoms with van der Waals surface area (Å²) in [5.41, 5.74) is -2.39. The number of likely N-dealkylation sites (tertiary alicyclic amines) is 1. The Kier molecular flexibility index (Phi) is 5.41. The Morgan fingerprint density at radius 3 is 2.56 bits per heavy atom. The minimum Gasteiger partial charge on any atom is -0.481 e. The second-order valence-electron chi connectivity index (χ2n) is 6.31. The second kappa shape index (κ2) is 7.03. The van der Waals surface area contributed by atoms with Crippen LogP contribution in [0.25, 0.3) is 0 Å². The average Bonchev–Trinajstić information content (AvgIpc) is 2.55. The molecule has 2 N–H and O–H groups in total. The van der Waals surface area contributed by atoms with E-state index in [1.807, 2.05) is 0 Å². The number of alkyl halides is 3. The van der Waals surface area contributed by atoms with E-state index in [2.05, 4.69) is 0 Å². The second-order valence-corrected chi connectivity index (χ2v) is 6.31. The number of carbonyl (C=O) groups excluding carboxylic acids is 1. The number of benzene rings is 1. The molecule has 0 radical (unpaired) electrons. The minimum atomic E-state index is -4.56. The normalized spacial score (nSPS) is 24.2. The number of hydrogen-bond donors (Lipinski definition) is 2. The van der Waals surface area contributed by atoms with Crippen LogP contribution in [0.1, 0.15) is 42.1 Å². The van der Waals surface area contributed by atoms with Crippen LogP contribution in [0.3, 0.4) is 0 Å². The maximum Gasteiger partial charge on any atom is 0.416 e. The highest BCUT2D eigenvalue weighted by atomic mass is 19.4. The van der Waals surface area contributed by atoms with E-state index in [1.54, 1.807) is 6.92 Å². The van der Waals surface area contributed by atoms with E-state index in [4.69, 9.17) is 0 Å². The molecule has 25 heavy (non-hydrogen) atoms. The number of aliphatic hydroxyl groups is 1. The highest BCUT2D eigenvalue weighted by Crippen LogP contribution is 2.37. The highest BCUT2D eigenvalue weighted by molar-refractivity contribution is 5.94. The SMILES string of the molecule is CCC[C@]1(C(=O)O)CCN(C(=O)c2cccc(C(F)(F)F)c2)C[C@@H]1O. The predicted molar refractivity (Wildman–Crippen MR) is 82.9 cm³/mol. The van der Waals surface area contributed by atoms with Gasteiger partial charge in [0, 0.05) is 18.7 Å². The molecule has 1 aromatic rings. The zero-order valence-corrected chi connectivity index (χ0v) is 13.7. The smallest absolute Gasteiger partial charge is 0.416 e. The van der Waals surface area contributed by atoms with Crippen molar-refractivity contribution in [2.75, 3.05) is 13.1 Å². The lowest BCUT2D eigenvalue weighted by atomic mass is 9.72. The molecule has 1 aliphatic rings. The van der Waals surface area contributed by atoms with Gasteiger partial charge in [-0.05, 0) is 31.0 Å². The van der Waals surface area contributed by atoms with E-state index in [-0.39, 0.29) is 31.5 Å². The van der Waals surface area contributed by atoms with Gasteiger partial charge in [-0.1, -0.05) is 19.4 Å². The fraction of sp³-hybridized carbons (Fsp3) is 0.529. The average molecular weight is 359 g/mol. The van der Waals surface area contributed by atoms with Gasteiger partial charge in [0.1, 0.15) is 0 Å². The van der Waals surface area contributed by atoms with Crippen molar-refractivity contribution in [2.24, 2.45) is 5.41 Å². The summed E-state index contributed by atoms with van der Waals surface area (Å²) in [6.07, 6.45) is -4.94. The molecule has 1 heterocycles. The van der Waals surface area contributed by atoms with Gasteiger partial charge in [0.25, 0.3) is 5.91 Å². The molecule has 1 aromatic carbocycles.